The van der Waals surface area contributed by atoms with Crippen LogP contribution >= 0.6 is 31.9 Å². The van der Waals surface area contributed by atoms with Crippen molar-refractivity contribution in [2.75, 3.05) is 23.4 Å². The zero-order chi connectivity index (χ0) is 16.4. The molecule has 0 unspecified atom stereocenters. The molecule has 0 radical (unpaired) electrons. The van der Waals surface area contributed by atoms with Crippen LogP contribution in [0, 0.1) is 0 Å². The molecule has 0 saturated carbocycles. The zero-order valence-corrected chi connectivity index (χ0v) is 15.1. The van der Waals surface area contributed by atoms with Gasteiger partial charge in [-0.05, 0) is 46.3 Å². The fraction of sp³-hybridized carbons (Fsp3) is 0.125. The first kappa shape index (κ1) is 16.0. The van der Waals surface area contributed by atoms with Gasteiger partial charge in [0.1, 0.15) is 12.3 Å². The number of amides is 2. The Bertz CT molecular complexity index is 780. The molecule has 1 N–H and O–H groups in total. The highest BCUT2D eigenvalue weighted by molar-refractivity contribution is 9.11. The minimum absolute atomic E-state index is 0.0632. The van der Waals surface area contributed by atoms with Gasteiger partial charge in [-0.25, -0.2) is 0 Å². The summed E-state index contributed by atoms with van der Waals surface area (Å²) in [5, 5.41) is 2.79. The van der Waals surface area contributed by atoms with Crippen LogP contribution in [0.25, 0.3) is 0 Å². The Balaban J connectivity index is 1.76. The van der Waals surface area contributed by atoms with E-state index >= 15 is 0 Å². The predicted molar refractivity (Wildman–Crippen MR) is 94.8 cm³/mol. The van der Waals surface area contributed by atoms with E-state index in [1.807, 2.05) is 18.2 Å². The fourth-order valence-corrected chi connectivity index (χ4v) is 3.40. The molecule has 0 aromatic heterocycles. The van der Waals surface area contributed by atoms with Gasteiger partial charge >= 0.3 is 0 Å². The lowest BCUT2D eigenvalue weighted by Gasteiger charge is -2.28. The Morgan fingerprint density at radius 2 is 2.00 bits per heavy atom. The number of rotatable bonds is 3. The molecule has 0 bridgehead atoms. The van der Waals surface area contributed by atoms with Crippen LogP contribution < -0.4 is 15.0 Å². The van der Waals surface area contributed by atoms with Gasteiger partial charge in [-0.1, -0.05) is 28.1 Å². The van der Waals surface area contributed by atoms with Crippen LogP contribution in [0.1, 0.15) is 0 Å². The second kappa shape index (κ2) is 6.72. The molecule has 23 heavy (non-hydrogen) atoms. The average molecular weight is 440 g/mol. The van der Waals surface area contributed by atoms with E-state index in [2.05, 4.69) is 37.2 Å². The Labute approximate surface area is 149 Å². The van der Waals surface area contributed by atoms with Gasteiger partial charge in [0.05, 0.1) is 11.4 Å². The van der Waals surface area contributed by atoms with Crippen LogP contribution in [0.5, 0.6) is 5.75 Å². The molecule has 2 amide bonds. The second-order valence-electron chi connectivity index (χ2n) is 4.91. The first-order valence-electron chi connectivity index (χ1n) is 6.81. The van der Waals surface area contributed by atoms with Gasteiger partial charge in [0.2, 0.25) is 5.91 Å². The summed E-state index contributed by atoms with van der Waals surface area (Å²) < 4.78 is 7.02. The molecule has 118 valence electrons. The Kier molecular flexibility index (Phi) is 4.68. The van der Waals surface area contributed by atoms with E-state index in [-0.39, 0.29) is 25.0 Å². The van der Waals surface area contributed by atoms with Gasteiger partial charge in [-0.2, -0.15) is 0 Å². The third kappa shape index (κ3) is 3.56. The van der Waals surface area contributed by atoms with E-state index in [1.54, 1.807) is 24.3 Å². The molecule has 2 aromatic carbocycles. The summed E-state index contributed by atoms with van der Waals surface area (Å²) in [6.07, 6.45) is 0. The lowest BCUT2D eigenvalue weighted by Crippen LogP contribution is -2.43. The molecule has 3 rings (SSSR count). The molecule has 5 nitrogen and oxygen atoms in total. The number of ether oxygens (including phenoxy) is 1. The first-order valence-corrected chi connectivity index (χ1v) is 8.40. The smallest absolute Gasteiger partial charge is 0.265 e. The zero-order valence-electron chi connectivity index (χ0n) is 11.9. The van der Waals surface area contributed by atoms with Gasteiger partial charge in [-0.3, -0.25) is 14.5 Å². The van der Waals surface area contributed by atoms with Crippen molar-refractivity contribution in [1.29, 1.82) is 0 Å². The molecule has 0 spiro atoms. The highest BCUT2D eigenvalue weighted by Gasteiger charge is 2.27. The molecule has 7 heteroatoms. The summed E-state index contributed by atoms with van der Waals surface area (Å²) in [7, 11) is 0. The Hall–Kier alpha value is -1.86. The van der Waals surface area contributed by atoms with Crippen LogP contribution in [-0.4, -0.2) is 25.0 Å². The number of hydrogen-bond acceptors (Lipinski definition) is 3. The van der Waals surface area contributed by atoms with Gasteiger partial charge in [-0.15, -0.1) is 0 Å². The standard InChI is InChI=1S/C16H12Br2N2O3/c17-10-5-6-12(11(18)7-10)19-15(21)8-20-13-3-1-2-4-14(13)23-9-16(20)22/h1-7H,8-9H2,(H,19,21). The minimum atomic E-state index is -0.280. The molecule has 1 heterocycles. The van der Waals surface area contributed by atoms with Crippen LogP contribution in [0.4, 0.5) is 11.4 Å². The molecule has 0 aliphatic carbocycles. The highest BCUT2D eigenvalue weighted by Crippen LogP contribution is 2.31. The first-order chi connectivity index (χ1) is 11.0. The van der Waals surface area contributed by atoms with Crippen molar-refractivity contribution in [3.05, 3.63) is 51.4 Å². The predicted octanol–water partition coefficient (Wildman–Crippen LogP) is 3.58. The lowest BCUT2D eigenvalue weighted by molar-refractivity contribution is -0.123. The number of nitrogens with zero attached hydrogens (tertiary/aromatic N) is 1. The Morgan fingerprint density at radius 1 is 1.22 bits per heavy atom. The average Bonchev–Trinajstić information content (AvgIpc) is 2.53. The van der Waals surface area contributed by atoms with Gasteiger partial charge < -0.3 is 10.1 Å². The monoisotopic (exact) mass is 438 g/mol. The highest BCUT2D eigenvalue weighted by atomic mass is 79.9. The second-order valence-corrected chi connectivity index (χ2v) is 6.68. The summed E-state index contributed by atoms with van der Waals surface area (Å²) in [4.78, 5) is 25.8. The van der Waals surface area contributed by atoms with Crippen molar-refractivity contribution in [2.24, 2.45) is 0 Å². The topological polar surface area (TPSA) is 58.6 Å². The molecule has 0 fully saturated rings. The van der Waals surface area contributed by atoms with Crippen molar-refractivity contribution < 1.29 is 14.3 Å². The number of para-hydroxylation sites is 2. The van der Waals surface area contributed by atoms with Crippen molar-refractivity contribution in [3.8, 4) is 5.75 Å². The van der Waals surface area contributed by atoms with Gasteiger partial charge in [0, 0.05) is 8.95 Å². The minimum Gasteiger partial charge on any atom is -0.482 e. The van der Waals surface area contributed by atoms with E-state index in [0.717, 1.165) is 8.95 Å². The number of hydrogen-bond donors (Lipinski definition) is 1. The molecule has 1 aliphatic rings. The number of anilines is 2. The van der Waals surface area contributed by atoms with Crippen LogP contribution in [0.2, 0.25) is 0 Å². The summed E-state index contributed by atoms with van der Waals surface area (Å²) in [6.45, 7) is -0.131. The molecular weight excluding hydrogens is 428 g/mol. The Morgan fingerprint density at radius 3 is 2.78 bits per heavy atom. The molecular formula is C16H12Br2N2O3. The maximum absolute atomic E-state index is 12.3. The SMILES string of the molecule is O=C(CN1C(=O)COc2ccccc21)Nc1ccc(Br)cc1Br. The summed E-state index contributed by atoms with van der Waals surface area (Å²) in [6, 6.07) is 12.6. The van der Waals surface area contributed by atoms with Gasteiger partial charge in [0.25, 0.3) is 5.91 Å². The normalized spacial score (nSPS) is 13.3. The number of carbonyl (C=O) groups excluding carboxylic acids is 2. The molecule has 0 saturated heterocycles. The van der Waals surface area contributed by atoms with E-state index < -0.39 is 0 Å². The summed E-state index contributed by atoms with van der Waals surface area (Å²) in [5.41, 5.74) is 1.25. The van der Waals surface area contributed by atoms with E-state index in [9.17, 15) is 9.59 Å². The van der Waals surface area contributed by atoms with Crippen LogP contribution in [0.15, 0.2) is 51.4 Å². The number of fused-ring (bicyclic) bond motifs is 1. The third-order valence-electron chi connectivity index (χ3n) is 3.32. The molecule has 1 aliphatic heterocycles. The third-order valence-corrected chi connectivity index (χ3v) is 4.46. The number of nitrogens with one attached hydrogen (secondary N) is 1. The largest absolute Gasteiger partial charge is 0.482 e. The van der Waals surface area contributed by atoms with E-state index in [0.29, 0.717) is 17.1 Å². The number of carbonyl (C=O) groups is 2. The molecule has 2 aromatic rings. The summed E-state index contributed by atoms with van der Waals surface area (Å²) in [5.74, 6) is 0.0801. The maximum Gasteiger partial charge on any atom is 0.265 e. The quantitative estimate of drug-likeness (QED) is 0.795. The number of halogens is 2. The van der Waals surface area contributed by atoms with Crippen LogP contribution in [-0.2, 0) is 9.59 Å². The maximum atomic E-state index is 12.3. The lowest BCUT2D eigenvalue weighted by atomic mass is 10.2. The molecule has 0 atom stereocenters. The van der Waals surface area contributed by atoms with Crippen molar-refractivity contribution in [2.45, 2.75) is 0 Å². The van der Waals surface area contributed by atoms with Gasteiger partial charge in [0.15, 0.2) is 6.61 Å². The van der Waals surface area contributed by atoms with Crippen LogP contribution in [0.3, 0.4) is 0 Å². The summed E-state index contributed by atoms with van der Waals surface area (Å²) >= 11 is 6.75. The van der Waals surface area contributed by atoms with Crippen molar-refractivity contribution in [1.82, 2.24) is 0 Å². The number of benzene rings is 2. The van der Waals surface area contributed by atoms with Crippen molar-refractivity contribution in [3.63, 3.8) is 0 Å². The van der Waals surface area contributed by atoms with E-state index in [1.165, 1.54) is 4.90 Å². The fourth-order valence-electron chi connectivity index (χ4n) is 2.25. The van der Waals surface area contributed by atoms with Crippen molar-refractivity contribution >= 4 is 55.0 Å². The van der Waals surface area contributed by atoms with E-state index in [4.69, 9.17) is 4.74 Å².